The van der Waals surface area contributed by atoms with Crippen LogP contribution in [-0.4, -0.2) is 15.9 Å². The molecule has 0 bridgehead atoms. The molecule has 4 nitrogen and oxygen atoms in total. The predicted octanol–water partition coefficient (Wildman–Crippen LogP) is 2.80. The monoisotopic (exact) mass is 245 g/mol. The predicted molar refractivity (Wildman–Crippen MR) is 66.2 cm³/mol. The van der Waals surface area contributed by atoms with Crippen LogP contribution >= 0.6 is 11.8 Å². The van der Waals surface area contributed by atoms with Crippen molar-refractivity contribution in [1.29, 1.82) is 5.26 Å². The molecule has 0 spiro atoms. The third-order valence-electron chi connectivity index (χ3n) is 2.25. The van der Waals surface area contributed by atoms with E-state index in [1.807, 2.05) is 31.2 Å². The molecular formula is C12H11N3OS. The van der Waals surface area contributed by atoms with E-state index in [2.05, 4.69) is 16.2 Å². The fraction of sp³-hybridized carbons (Fsp3) is 0.250. The second kappa shape index (κ2) is 5.51. The maximum Gasteiger partial charge on any atom is 0.236 e. The van der Waals surface area contributed by atoms with E-state index >= 15 is 0 Å². The van der Waals surface area contributed by atoms with E-state index in [-0.39, 0.29) is 0 Å². The number of benzene rings is 1. The van der Waals surface area contributed by atoms with E-state index in [0.717, 1.165) is 11.1 Å². The standard InChI is InChI=1S/C12H11N3OS/c1-9-4-2-3-5-10(9)12-14-11(16-15-12)8-17-7-6-13/h2-5H,7-8H2,1H3. The van der Waals surface area contributed by atoms with Gasteiger partial charge in [-0.15, -0.1) is 11.8 Å². The third-order valence-corrected chi connectivity index (χ3v) is 3.03. The molecule has 86 valence electrons. The Bertz CT molecular complexity index is 545. The highest BCUT2D eigenvalue weighted by Crippen LogP contribution is 2.21. The Morgan fingerprint density at radius 2 is 2.24 bits per heavy atom. The zero-order valence-electron chi connectivity index (χ0n) is 9.38. The molecule has 0 aliphatic rings. The van der Waals surface area contributed by atoms with Gasteiger partial charge in [0, 0.05) is 5.56 Å². The number of aryl methyl sites for hydroxylation is 1. The number of thioether (sulfide) groups is 1. The van der Waals surface area contributed by atoms with E-state index in [9.17, 15) is 0 Å². The Labute approximate surface area is 104 Å². The van der Waals surface area contributed by atoms with Crippen molar-refractivity contribution in [3.63, 3.8) is 0 Å². The van der Waals surface area contributed by atoms with Crippen LogP contribution in [0.2, 0.25) is 0 Å². The highest BCUT2D eigenvalue weighted by molar-refractivity contribution is 7.98. The van der Waals surface area contributed by atoms with Gasteiger partial charge in [-0.2, -0.15) is 10.2 Å². The molecule has 1 aromatic heterocycles. The van der Waals surface area contributed by atoms with Crippen molar-refractivity contribution < 1.29 is 4.52 Å². The topological polar surface area (TPSA) is 62.7 Å². The van der Waals surface area contributed by atoms with Gasteiger partial charge in [0.25, 0.3) is 0 Å². The molecule has 17 heavy (non-hydrogen) atoms. The molecule has 2 aromatic rings. The average molecular weight is 245 g/mol. The fourth-order valence-corrected chi connectivity index (χ4v) is 1.92. The lowest BCUT2D eigenvalue weighted by atomic mass is 10.1. The van der Waals surface area contributed by atoms with Crippen LogP contribution in [0, 0.1) is 18.3 Å². The van der Waals surface area contributed by atoms with Gasteiger partial charge in [0.1, 0.15) is 0 Å². The van der Waals surface area contributed by atoms with Gasteiger partial charge in [-0.1, -0.05) is 29.4 Å². The highest BCUT2D eigenvalue weighted by atomic mass is 32.2. The summed E-state index contributed by atoms with van der Waals surface area (Å²) in [4.78, 5) is 4.31. The summed E-state index contributed by atoms with van der Waals surface area (Å²) in [5.41, 5.74) is 2.09. The molecule has 0 aliphatic heterocycles. The van der Waals surface area contributed by atoms with Gasteiger partial charge in [0.15, 0.2) is 0 Å². The Hall–Kier alpha value is -1.80. The van der Waals surface area contributed by atoms with Crippen molar-refractivity contribution in [2.45, 2.75) is 12.7 Å². The molecule has 0 saturated heterocycles. The molecule has 0 atom stereocenters. The fourth-order valence-electron chi connectivity index (χ4n) is 1.43. The second-order valence-corrected chi connectivity index (χ2v) is 4.46. The number of nitriles is 1. The highest BCUT2D eigenvalue weighted by Gasteiger charge is 2.09. The average Bonchev–Trinajstić information content (AvgIpc) is 2.79. The molecule has 5 heteroatoms. The van der Waals surface area contributed by atoms with Crippen LogP contribution in [0.1, 0.15) is 11.5 Å². The maximum atomic E-state index is 8.43. The minimum atomic E-state index is 0.433. The second-order valence-electron chi connectivity index (χ2n) is 3.48. The van der Waals surface area contributed by atoms with Crippen molar-refractivity contribution in [3.8, 4) is 17.5 Å². The molecule has 0 N–H and O–H groups in total. The van der Waals surface area contributed by atoms with Crippen LogP contribution in [0.4, 0.5) is 0 Å². The first-order chi connectivity index (χ1) is 8.31. The lowest BCUT2D eigenvalue weighted by molar-refractivity contribution is 0.391. The number of rotatable bonds is 4. The first-order valence-corrected chi connectivity index (χ1v) is 6.30. The number of aromatic nitrogens is 2. The van der Waals surface area contributed by atoms with Crippen LogP contribution in [0.25, 0.3) is 11.4 Å². The summed E-state index contributed by atoms with van der Waals surface area (Å²) in [5.74, 6) is 2.17. The van der Waals surface area contributed by atoms with E-state index < -0.39 is 0 Å². The van der Waals surface area contributed by atoms with E-state index in [1.165, 1.54) is 11.8 Å². The summed E-state index contributed by atoms with van der Waals surface area (Å²) < 4.78 is 5.13. The van der Waals surface area contributed by atoms with Crippen molar-refractivity contribution in [2.24, 2.45) is 0 Å². The van der Waals surface area contributed by atoms with Gasteiger partial charge in [-0.25, -0.2) is 0 Å². The summed E-state index contributed by atoms with van der Waals surface area (Å²) in [6.45, 7) is 2.01. The van der Waals surface area contributed by atoms with Gasteiger partial charge in [0.05, 0.1) is 17.6 Å². The molecule has 0 saturated carbocycles. The maximum absolute atomic E-state index is 8.43. The van der Waals surface area contributed by atoms with E-state index in [1.54, 1.807) is 0 Å². The van der Waals surface area contributed by atoms with Gasteiger partial charge >= 0.3 is 0 Å². The molecule has 0 unspecified atom stereocenters. The van der Waals surface area contributed by atoms with Crippen LogP contribution < -0.4 is 0 Å². The van der Waals surface area contributed by atoms with Gasteiger partial charge in [0.2, 0.25) is 11.7 Å². The summed E-state index contributed by atoms with van der Waals surface area (Å²) in [5, 5.41) is 12.4. The molecule has 0 aliphatic carbocycles. The molecule has 2 rings (SSSR count). The van der Waals surface area contributed by atoms with E-state index in [4.69, 9.17) is 9.78 Å². The quantitative estimate of drug-likeness (QED) is 0.775. The molecule has 0 amide bonds. The molecule has 1 aromatic carbocycles. The van der Waals surface area contributed by atoms with Crippen LogP contribution in [0.15, 0.2) is 28.8 Å². The minimum absolute atomic E-state index is 0.433. The molecule has 1 heterocycles. The molecule has 0 fully saturated rings. The van der Waals surface area contributed by atoms with Crippen LogP contribution in [0.5, 0.6) is 0 Å². The Balaban J connectivity index is 2.14. The largest absolute Gasteiger partial charge is 0.338 e. The Morgan fingerprint density at radius 1 is 1.41 bits per heavy atom. The van der Waals surface area contributed by atoms with E-state index in [0.29, 0.717) is 23.2 Å². The van der Waals surface area contributed by atoms with Gasteiger partial charge in [-0.3, -0.25) is 0 Å². The SMILES string of the molecule is Cc1ccccc1-c1noc(CSCC#N)n1. The van der Waals surface area contributed by atoms with Gasteiger partial charge < -0.3 is 4.52 Å². The number of hydrogen-bond donors (Lipinski definition) is 0. The smallest absolute Gasteiger partial charge is 0.236 e. The van der Waals surface area contributed by atoms with Crippen LogP contribution in [0.3, 0.4) is 0 Å². The van der Waals surface area contributed by atoms with Crippen molar-refractivity contribution in [2.75, 3.05) is 5.75 Å². The summed E-state index contributed by atoms with van der Waals surface area (Å²) in [6, 6.07) is 9.96. The van der Waals surface area contributed by atoms with Crippen molar-refractivity contribution >= 4 is 11.8 Å². The Kier molecular flexibility index (Phi) is 3.78. The normalized spacial score (nSPS) is 10.1. The summed E-state index contributed by atoms with van der Waals surface area (Å²) in [6.07, 6.45) is 0. The minimum Gasteiger partial charge on any atom is -0.338 e. The van der Waals surface area contributed by atoms with Crippen molar-refractivity contribution in [1.82, 2.24) is 10.1 Å². The lowest BCUT2D eigenvalue weighted by Crippen LogP contribution is -1.86. The third kappa shape index (κ3) is 2.86. The summed E-state index contributed by atoms with van der Waals surface area (Å²) in [7, 11) is 0. The number of hydrogen-bond acceptors (Lipinski definition) is 5. The molecular weight excluding hydrogens is 234 g/mol. The first-order valence-electron chi connectivity index (χ1n) is 5.14. The first kappa shape index (κ1) is 11.7. The van der Waals surface area contributed by atoms with Gasteiger partial charge in [-0.05, 0) is 12.5 Å². The van der Waals surface area contributed by atoms with Crippen LogP contribution in [-0.2, 0) is 5.75 Å². The van der Waals surface area contributed by atoms with Crippen molar-refractivity contribution in [3.05, 3.63) is 35.7 Å². The Morgan fingerprint density at radius 3 is 3.00 bits per heavy atom. The zero-order valence-corrected chi connectivity index (χ0v) is 10.2. The zero-order chi connectivity index (χ0) is 12.1. The number of nitrogens with zero attached hydrogens (tertiary/aromatic N) is 3. The summed E-state index contributed by atoms with van der Waals surface area (Å²) >= 11 is 1.46. The lowest BCUT2D eigenvalue weighted by Gasteiger charge is -1.97. The molecule has 0 radical (unpaired) electrons.